The van der Waals surface area contributed by atoms with Crippen molar-refractivity contribution in [1.29, 1.82) is 0 Å². The molecule has 0 aliphatic carbocycles. The van der Waals surface area contributed by atoms with Gasteiger partial charge in [-0.25, -0.2) is 19.1 Å². The van der Waals surface area contributed by atoms with E-state index in [-0.39, 0.29) is 30.6 Å². The van der Waals surface area contributed by atoms with E-state index in [9.17, 15) is 27.9 Å². The van der Waals surface area contributed by atoms with Crippen molar-refractivity contribution in [3.05, 3.63) is 99.7 Å². The lowest BCUT2D eigenvalue weighted by Gasteiger charge is -2.15. The highest BCUT2D eigenvalue weighted by atomic mass is 35.5. The van der Waals surface area contributed by atoms with Crippen LogP contribution in [0.3, 0.4) is 0 Å². The van der Waals surface area contributed by atoms with Gasteiger partial charge in [0.15, 0.2) is 17.8 Å². The summed E-state index contributed by atoms with van der Waals surface area (Å²) >= 11 is 5.93. The Hall–Kier alpha value is -4.76. The van der Waals surface area contributed by atoms with Crippen LogP contribution in [-0.2, 0) is 26.7 Å². The summed E-state index contributed by atoms with van der Waals surface area (Å²) in [6.45, 7) is -1.11. The number of alkyl halides is 3. The van der Waals surface area contributed by atoms with Gasteiger partial charge < -0.3 is 10.4 Å². The van der Waals surface area contributed by atoms with E-state index in [1.807, 2.05) is 0 Å². The summed E-state index contributed by atoms with van der Waals surface area (Å²) < 4.78 is 44.0. The van der Waals surface area contributed by atoms with Gasteiger partial charge in [0.25, 0.3) is 5.91 Å². The SMILES string of the molecule is Cn1nccc1CNC(=O)c1ccccc1-n1cnc(Cn2nc(-c3ccc(Cl)cc3)n(C[C@H](O)C(F)(F)F)c2=O)n1. The standard InChI is InChI=1S/C26H23ClF3N9O3/c1-36-18(10-11-33-36)12-31-24(41)19-4-2-3-5-20(19)39-15-32-22(34-39)14-38-25(42)37(13-21(40)26(28,29)30)23(35-38)16-6-8-17(27)9-7-16/h2-11,15,21,40H,12-14H2,1H3,(H,31,41)/t21-/m0/s1. The maximum Gasteiger partial charge on any atom is 0.416 e. The number of amides is 1. The molecule has 0 aliphatic rings. The van der Waals surface area contributed by atoms with Crippen LogP contribution in [0.5, 0.6) is 0 Å². The van der Waals surface area contributed by atoms with Gasteiger partial charge in [0.2, 0.25) is 0 Å². The maximum atomic E-state index is 13.1. The number of hydrogen-bond donors (Lipinski definition) is 2. The van der Waals surface area contributed by atoms with Gasteiger partial charge in [-0.05, 0) is 42.5 Å². The second-order valence-corrected chi connectivity index (χ2v) is 9.63. The Labute approximate surface area is 240 Å². The number of para-hydroxylation sites is 1. The number of rotatable bonds is 9. The smallest absolute Gasteiger partial charge is 0.382 e. The Morgan fingerprint density at radius 1 is 1.10 bits per heavy atom. The summed E-state index contributed by atoms with van der Waals surface area (Å²) in [5.41, 5.74) is 0.925. The van der Waals surface area contributed by atoms with Gasteiger partial charge in [-0.3, -0.25) is 14.0 Å². The van der Waals surface area contributed by atoms with Gasteiger partial charge >= 0.3 is 11.9 Å². The van der Waals surface area contributed by atoms with Crippen LogP contribution in [0.2, 0.25) is 5.02 Å². The molecule has 0 fully saturated rings. The van der Waals surface area contributed by atoms with E-state index in [2.05, 4.69) is 25.6 Å². The molecule has 2 N–H and O–H groups in total. The van der Waals surface area contributed by atoms with E-state index in [0.29, 0.717) is 21.8 Å². The minimum absolute atomic E-state index is 0.102. The number of halogens is 4. The average Bonchev–Trinajstić information content (AvgIpc) is 3.67. The molecule has 0 unspecified atom stereocenters. The van der Waals surface area contributed by atoms with Crippen molar-refractivity contribution in [2.75, 3.05) is 0 Å². The molecule has 0 aliphatic heterocycles. The zero-order chi connectivity index (χ0) is 30.0. The zero-order valence-electron chi connectivity index (χ0n) is 21.9. The molecule has 1 amide bonds. The second-order valence-electron chi connectivity index (χ2n) is 9.19. The third-order valence-electron chi connectivity index (χ3n) is 6.34. The molecule has 0 radical (unpaired) electrons. The second kappa shape index (κ2) is 11.6. The van der Waals surface area contributed by atoms with Crippen LogP contribution in [0.15, 0.2) is 71.9 Å². The third-order valence-corrected chi connectivity index (χ3v) is 6.59. The highest BCUT2D eigenvalue weighted by Gasteiger charge is 2.39. The molecule has 12 nitrogen and oxygen atoms in total. The van der Waals surface area contributed by atoms with Gasteiger partial charge in [-0.15, -0.1) is 10.2 Å². The van der Waals surface area contributed by atoms with Crippen molar-refractivity contribution in [2.45, 2.75) is 31.9 Å². The predicted octanol–water partition coefficient (Wildman–Crippen LogP) is 2.58. The monoisotopic (exact) mass is 601 g/mol. The van der Waals surface area contributed by atoms with Crippen LogP contribution in [-0.4, -0.2) is 62.2 Å². The van der Waals surface area contributed by atoms with E-state index in [0.717, 1.165) is 14.9 Å². The average molecular weight is 602 g/mol. The molecule has 218 valence electrons. The highest BCUT2D eigenvalue weighted by Crippen LogP contribution is 2.24. The molecule has 16 heteroatoms. The van der Waals surface area contributed by atoms with Crippen LogP contribution in [0.1, 0.15) is 21.9 Å². The lowest BCUT2D eigenvalue weighted by atomic mass is 10.1. The van der Waals surface area contributed by atoms with E-state index in [1.165, 1.54) is 35.3 Å². The lowest BCUT2D eigenvalue weighted by molar-refractivity contribution is -0.207. The van der Waals surface area contributed by atoms with Crippen molar-refractivity contribution in [1.82, 2.24) is 44.2 Å². The molecule has 2 aromatic carbocycles. The largest absolute Gasteiger partial charge is 0.416 e. The van der Waals surface area contributed by atoms with E-state index in [1.54, 1.807) is 48.3 Å². The fourth-order valence-electron chi connectivity index (χ4n) is 4.12. The molecule has 0 spiro atoms. The number of aromatic nitrogens is 8. The quantitative estimate of drug-likeness (QED) is 0.265. The Balaban J connectivity index is 1.41. The maximum absolute atomic E-state index is 13.1. The first-order valence-electron chi connectivity index (χ1n) is 12.4. The number of aryl methyl sites for hydroxylation is 1. The summed E-state index contributed by atoms with van der Waals surface area (Å²) in [4.78, 5) is 30.3. The number of carbonyl (C=O) groups excluding carboxylic acids is 1. The zero-order valence-corrected chi connectivity index (χ0v) is 22.7. The molecule has 3 heterocycles. The molecule has 1 atom stereocenters. The fraction of sp³-hybridized carbons (Fsp3) is 0.231. The van der Waals surface area contributed by atoms with Gasteiger partial charge in [-0.1, -0.05) is 23.7 Å². The summed E-state index contributed by atoms with van der Waals surface area (Å²) in [5, 5.41) is 25.5. The molecule has 5 rings (SSSR count). The summed E-state index contributed by atoms with van der Waals surface area (Å²) in [7, 11) is 1.76. The van der Waals surface area contributed by atoms with Gasteiger partial charge in [-0.2, -0.15) is 18.3 Å². The van der Waals surface area contributed by atoms with E-state index >= 15 is 0 Å². The van der Waals surface area contributed by atoms with Crippen LogP contribution in [0, 0.1) is 0 Å². The van der Waals surface area contributed by atoms with Crippen molar-refractivity contribution in [2.24, 2.45) is 7.05 Å². The summed E-state index contributed by atoms with van der Waals surface area (Å²) in [6.07, 6.45) is -4.77. The first-order valence-corrected chi connectivity index (χ1v) is 12.8. The number of hydrogen-bond acceptors (Lipinski definition) is 7. The van der Waals surface area contributed by atoms with Crippen molar-refractivity contribution in [3.8, 4) is 17.1 Å². The molecular weight excluding hydrogens is 579 g/mol. The summed E-state index contributed by atoms with van der Waals surface area (Å²) in [6, 6.07) is 14.5. The number of aliphatic hydroxyl groups excluding tert-OH is 1. The van der Waals surface area contributed by atoms with Gasteiger partial charge in [0.05, 0.1) is 30.0 Å². The number of nitrogens with one attached hydrogen (secondary N) is 1. The van der Waals surface area contributed by atoms with Crippen molar-refractivity contribution < 1.29 is 23.1 Å². The number of nitrogens with zero attached hydrogens (tertiary/aromatic N) is 8. The molecule has 42 heavy (non-hydrogen) atoms. The lowest BCUT2D eigenvalue weighted by Crippen LogP contribution is -2.37. The molecule has 5 aromatic rings. The summed E-state index contributed by atoms with van der Waals surface area (Å²) in [5.74, 6) is -0.365. The molecule has 0 bridgehead atoms. The topological polar surface area (TPSA) is 138 Å². The van der Waals surface area contributed by atoms with E-state index < -0.39 is 24.5 Å². The Morgan fingerprint density at radius 3 is 2.52 bits per heavy atom. The number of benzene rings is 2. The van der Waals surface area contributed by atoms with Crippen molar-refractivity contribution >= 4 is 17.5 Å². The molecule has 0 saturated carbocycles. The number of carbonyl (C=O) groups is 1. The predicted molar refractivity (Wildman–Crippen MR) is 144 cm³/mol. The minimum Gasteiger partial charge on any atom is -0.382 e. The van der Waals surface area contributed by atoms with Crippen LogP contribution in [0.4, 0.5) is 13.2 Å². The van der Waals surface area contributed by atoms with Crippen LogP contribution >= 0.6 is 11.6 Å². The third kappa shape index (κ3) is 6.11. The van der Waals surface area contributed by atoms with Gasteiger partial charge in [0, 0.05) is 23.8 Å². The van der Waals surface area contributed by atoms with Gasteiger partial charge in [0.1, 0.15) is 12.9 Å². The highest BCUT2D eigenvalue weighted by molar-refractivity contribution is 6.30. The Bertz CT molecular complexity index is 1770. The first-order chi connectivity index (χ1) is 20.0. The van der Waals surface area contributed by atoms with Crippen molar-refractivity contribution in [3.63, 3.8) is 0 Å². The fourth-order valence-corrected chi connectivity index (χ4v) is 4.25. The number of aliphatic hydroxyl groups is 1. The first kappa shape index (κ1) is 28.8. The minimum atomic E-state index is -4.95. The Morgan fingerprint density at radius 2 is 1.83 bits per heavy atom. The Kier molecular flexibility index (Phi) is 7.95. The van der Waals surface area contributed by atoms with E-state index in [4.69, 9.17) is 11.6 Å². The van der Waals surface area contributed by atoms with Crippen LogP contribution < -0.4 is 11.0 Å². The molecular formula is C26H23ClF3N9O3. The normalized spacial score (nSPS) is 12.4. The molecule has 0 saturated heterocycles. The van der Waals surface area contributed by atoms with Crippen LogP contribution in [0.25, 0.3) is 17.1 Å². The molecule has 3 aromatic heterocycles.